The van der Waals surface area contributed by atoms with Gasteiger partial charge in [-0.3, -0.25) is 14.9 Å². The standard InChI is InChI=1S/C16H16N4O4/c21-16(13-5-7-19(22)8-6-13)18-11-9-17(10-12-18)14-1-3-15(4-2-14)20(23)24/h1-8H,9-12H2. The van der Waals surface area contributed by atoms with Gasteiger partial charge in [-0.2, -0.15) is 4.73 Å². The first-order valence-electron chi connectivity index (χ1n) is 7.52. The predicted molar refractivity (Wildman–Crippen MR) is 86.6 cm³/mol. The number of nitrogens with zero attached hydrogens (tertiary/aromatic N) is 4. The Kier molecular flexibility index (Phi) is 4.28. The Bertz CT molecular complexity index is 738. The largest absolute Gasteiger partial charge is 0.619 e. The lowest BCUT2D eigenvalue weighted by Gasteiger charge is -2.36. The summed E-state index contributed by atoms with van der Waals surface area (Å²) in [4.78, 5) is 26.5. The first-order valence-corrected chi connectivity index (χ1v) is 7.52. The number of benzene rings is 1. The third kappa shape index (κ3) is 3.27. The highest BCUT2D eigenvalue weighted by Crippen LogP contribution is 2.21. The van der Waals surface area contributed by atoms with Crippen molar-refractivity contribution in [2.24, 2.45) is 0 Å². The Labute approximate surface area is 138 Å². The number of nitro groups is 1. The summed E-state index contributed by atoms with van der Waals surface area (Å²) in [5, 5.41) is 21.7. The molecule has 0 radical (unpaired) electrons. The van der Waals surface area contributed by atoms with E-state index in [2.05, 4.69) is 4.90 Å². The molecular formula is C16H16N4O4. The van der Waals surface area contributed by atoms with E-state index in [4.69, 9.17) is 0 Å². The second-order valence-corrected chi connectivity index (χ2v) is 5.50. The van der Waals surface area contributed by atoms with Gasteiger partial charge in [0.2, 0.25) is 0 Å². The lowest BCUT2D eigenvalue weighted by atomic mass is 10.2. The molecule has 3 rings (SSSR count). The first kappa shape index (κ1) is 15.7. The van der Waals surface area contributed by atoms with Gasteiger partial charge in [-0.05, 0) is 12.1 Å². The number of anilines is 1. The van der Waals surface area contributed by atoms with E-state index in [0.29, 0.717) is 36.5 Å². The lowest BCUT2D eigenvalue weighted by molar-refractivity contribution is -0.605. The number of non-ortho nitro benzene ring substituents is 1. The van der Waals surface area contributed by atoms with Crippen molar-refractivity contribution in [3.63, 3.8) is 0 Å². The van der Waals surface area contributed by atoms with Gasteiger partial charge in [0, 0.05) is 56.1 Å². The van der Waals surface area contributed by atoms with Gasteiger partial charge < -0.3 is 15.0 Å². The van der Waals surface area contributed by atoms with Crippen molar-refractivity contribution in [3.05, 3.63) is 69.7 Å². The number of rotatable bonds is 3. The van der Waals surface area contributed by atoms with Crippen molar-refractivity contribution in [2.45, 2.75) is 0 Å². The summed E-state index contributed by atoms with van der Waals surface area (Å²) in [5.41, 5.74) is 1.46. The van der Waals surface area contributed by atoms with Gasteiger partial charge in [-0.15, -0.1) is 0 Å². The number of pyridine rings is 1. The van der Waals surface area contributed by atoms with Gasteiger partial charge in [-0.25, -0.2) is 0 Å². The average molecular weight is 328 g/mol. The van der Waals surface area contributed by atoms with Crippen molar-refractivity contribution in [1.29, 1.82) is 0 Å². The minimum Gasteiger partial charge on any atom is -0.619 e. The van der Waals surface area contributed by atoms with Crippen LogP contribution in [0.15, 0.2) is 48.8 Å². The Hall–Kier alpha value is -3.16. The predicted octanol–water partition coefficient (Wildman–Crippen LogP) is 1.19. The summed E-state index contributed by atoms with van der Waals surface area (Å²) in [7, 11) is 0. The third-order valence-corrected chi connectivity index (χ3v) is 4.04. The van der Waals surface area contributed by atoms with Crippen LogP contribution in [-0.2, 0) is 0 Å². The second-order valence-electron chi connectivity index (χ2n) is 5.50. The maximum atomic E-state index is 12.4. The van der Waals surface area contributed by atoms with E-state index in [9.17, 15) is 20.1 Å². The average Bonchev–Trinajstić information content (AvgIpc) is 2.62. The van der Waals surface area contributed by atoms with Crippen LogP contribution in [0.2, 0.25) is 0 Å². The summed E-state index contributed by atoms with van der Waals surface area (Å²) in [5.74, 6) is -0.0982. The number of nitro benzene ring substituents is 1. The zero-order valence-corrected chi connectivity index (χ0v) is 12.9. The summed E-state index contributed by atoms with van der Waals surface area (Å²) < 4.78 is 0.642. The summed E-state index contributed by atoms with van der Waals surface area (Å²) in [6, 6.07) is 9.43. The summed E-state index contributed by atoms with van der Waals surface area (Å²) in [6.07, 6.45) is 2.61. The van der Waals surface area contributed by atoms with E-state index in [1.165, 1.54) is 36.7 Å². The molecule has 1 aromatic heterocycles. The molecule has 1 saturated heterocycles. The van der Waals surface area contributed by atoms with Gasteiger partial charge >= 0.3 is 0 Å². The van der Waals surface area contributed by atoms with Crippen LogP contribution < -0.4 is 9.63 Å². The van der Waals surface area contributed by atoms with Crippen LogP contribution in [0, 0.1) is 15.3 Å². The van der Waals surface area contributed by atoms with Crippen LogP contribution in [0.25, 0.3) is 0 Å². The van der Waals surface area contributed by atoms with Gasteiger partial charge in [-0.1, -0.05) is 0 Å². The van der Waals surface area contributed by atoms with Gasteiger partial charge in [0.15, 0.2) is 12.4 Å². The molecule has 0 spiro atoms. The van der Waals surface area contributed by atoms with Gasteiger partial charge in [0.25, 0.3) is 11.6 Å². The second kappa shape index (κ2) is 6.53. The zero-order chi connectivity index (χ0) is 17.1. The normalized spacial score (nSPS) is 14.5. The van der Waals surface area contributed by atoms with Crippen molar-refractivity contribution in [3.8, 4) is 0 Å². The van der Waals surface area contributed by atoms with Crippen LogP contribution in [0.1, 0.15) is 10.4 Å². The quantitative estimate of drug-likeness (QED) is 0.365. The molecule has 8 heteroatoms. The highest BCUT2D eigenvalue weighted by atomic mass is 16.6. The molecule has 1 amide bonds. The molecule has 2 heterocycles. The molecule has 0 aliphatic carbocycles. The number of amides is 1. The fraction of sp³-hybridized carbons (Fsp3) is 0.250. The maximum absolute atomic E-state index is 12.4. The molecule has 1 aliphatic heterocycles. The third-order valence-electron chi connectivity index (χ3n) is 4.04. The number of carbonyl (C=O) groups is 1. The Balaban J connectivity index is 1.62. The van der Waals surface area contributed by atoms with E-state index in [-0.39, 0.29) is 11.6 Å². The number of hydrogen-bond donors (Lipinski definition) is 0. The number of hydrogen-bond acceptors (Lipinski definition) is 5. The van der Waals surface area contributed by atoms with Crippen molar-refractivity contribution in [1.82, 2.24) is 4.90 Å². The highest BCUT2D eigenvalue weighted by molar-refractivity contribution is 5.94. The molecule has 1 aliphatic rings. The minimum atomic E-state index is -0.425. The van der Waals surface area contributed by atoms with Crippen molar-refractivity contribution < 1.29 is 14.4 Å². The van der Waals surface area contributed by atoms with E-state index >= 15 is 0 Å². The molecule has 124 valence electrons. The SMILES string of the molecule is O=C(c1cc[n+]([O-])cc1)N1CCN(c2ccc([N+](=O)[O-])cc2)CC1. The fourth-order valence-electron chi connectivity index (χ4n) is 2.69. The zero-order valence-electron chi connectivity index (χ0n) is 12.9. The molecule has 1 aromatic carbocycles. The Morgan fingerprint density at radius 2 is 1.58 bits per heavy atom. The lowest BCUT2D eigenvalue weighted by Crippen LogP contribution is -2.48. The first-order chi connectivity index (χ1) is 11.5. The molecule has 8 nitrogen and oxygen atoms in total. The molecule has 2 aromatic rings. The minimum absolute atomic E-state index is 0.0623. The molecule has 0 unspecified atom stereocenters. The van der Waals surface area contributed by atoms with Gasteiger partial charge in [0.05, 0.1) is 10.5 Å². The van der Waals surface area contributed by atoms with Crippen LogP contribution in [-0.4, -0.2) is 41.9 Å². The van der Waals surface area contributed by atoms with Crippen molar-refractivity contribution in [2.75, 3.05) is 31.1 Å². The molecule has 0 N–H and O–H groups in total. The van der Waals surface area contributed by atoms with Gasteiger partial charge in [0.1, 0.15) is 0 Å². The van der Waals surface area contributed by atoms with Crippen LogP contribution in [0.4, 0.5) is 11.4 Å². The van der Waals surface area contributed by atoms with E-state index in [1.807, 2.05) is 0 Å². The molecule has 0 bridgehead atoms. The Morgan fingerprint density at radius 1 is 1.00 bits per heavy atom. The van der Waals surface area contributed by atoms with Crippen LogP contribution in [0.5, 0.6) is 0 Å². The molecule has 24 heavy (non-hydrogen) atoms. The van der Waals surface area contributed by atoms with E-state index < -0.39 is 4.92 Å². The fourth-order valence-corrected chi connectivity index (χ4v) is 2.69. The molecule has 0 atom stereocenters. The van der Waals surface area contributed by atoms with Crippen molar-refractivity contribution >= 4 is 17.3 Å². The van der Waals surface area contributed by atoms with E-state index in [1.54, 1.807) is 17.0 Å². The molecule has 0 saturated carbocycles. The number of piperazine rings is 1. The Morgan fingerprint density at radius 3 is 2.12 bits per heavy atom. The highest BCUT2D eigenvalue weighted by Gasteiger charge is 2.23. The smallest absolute Gasteiger partial charge is 0.269 e. The monoisotopic (exact) mass is 328 g/mol. The van der Waals surface area contributed by atoms with Crippen LogP contribution in [0.3, 0.4) is 0 Å². The molecule has 1 fully saturated rings. The number of aromatic nitrogens is 1. The topological polar surface area (TPSA) is 93.6 Å². The summed E-state index contributed by atoms with van der Waals surface area (Å²) in [6.45, 7) is 2.42. The van der Waals surface area contributed by atoms with E-state index in [0.717, 1.165) is 5.69 Å². The maximum Gasteiger partial charge on any atom is 0.269 e. The molecular weight excluding hydrogens is 312 g/mol. The summed E-state index contributed by atoms with van der Waals surface area (Å²) >= 11 is 0. The van der Waals surface area contributed by atoms with Crippen LogP contribution >= 0.6 is 0 Å². The number of carbonyl (C=O) groups excluding carboxylic acids is 1.